The summed E-state index contributed by atoms with van der Waals surface area (Å²) in [6.07, 6.45) is 0.0560. The highest BCUT2D eigenvalue weighted by Gasteiger charge is 2.19. The van der Waals surface area contributed by atoms with E-state index in [9.17, 15) is 14.9 Å². The lowest BCUT2D eigenvalue weighted by molar-refractivity contribution is -0.394. The van der Waals surface area contributed by atoms with E-state index in [1.807, 2.05) is 0 Å². The summed E-state index contributed by atoms with van der Waals surface area (Å²) in [5, 5.41) is 13.6. The zero-order valence-electron chi connectivity index (χ0n) is 8.39. The van der Waals surface area contributed by atoms with E-state index < -0.39 is 17.0 Å². The first-order valence-corrected chi connectivity index (χ1v) is 4.50. The second-order valence-corrected chi connectivity index (χ2v) is 2.93. The van der Waals surface area contributed by atoms with E-state index in [2.05, 4.69) is 10.1 Å². The maximum absolute atomic E-state index is 11.5. The maximum atomic E-state index is 11.5. The lowest BCUT2D eigenvalue weighted by Gasteiger charge is -1.99. The molecule has 0 saturated carbocycles. The topological polar surface area (TPSA) is 100 Å². The van der Waals surface area contributed by atoms with E-state index in [0.717, 1.165) is 6.33 Å². The van der Waals surface area contributed by atoms with Gasteiger partial charge < -0.3 is 14.9 Å². The number of hydrogen-bond acceptors (Lipinski definition) is 6. The van der Waals surface area contributed by atoms with Crippen LogP contribution in [0.3, 0.4) is 0 Å². The Morgan fingerprint density at radius 1 is 1.35 bits per heavy atom. The summed E-state index contributed by atoms with van der Waals surface area (Å²) in [6, 6.07) is 8.28. The highest BCUT2D eigenvalue weighted by molar-refractivity contribution is 5.71. The van der Waals surface area contributed by atoms with Gasteiger partial charge in [0.05, 0.1) is 0 Å². The monoisotopic (exact) mass is 234 g/mol. The molecule has 0 fully saturated rings. The summed E-state index contributed by atoms with van der Waals surface area (Å²) in [5.41, 5.74) is 0. The van der Waals surface area contributed by atoms with Crippen molar-refractivity contribution >= 4 is 12.0 Å². The molecule has 8 heteroatoms. The van der Waals surface area contributed by atoms with Crippen molar-refractivity contribution in [1.29, 1.82) is 0 Å². The second-order valence-electron chi connectivity index (χ2n) is 2.93. The number of carbonyl (C=O) groups is 1. The normalized spacial score (nSPS) is 9.88. The van der Waals surface area contributed by atoms with E-state index in [1.165, 1.54) is 0 Å². The predicted octanol–water partition coefficient (Wildman–Crippen LogP) is 1.23. The van der Waals surface area contributed by atoms with E-state index in [0.29, 0.717) is 10.4 Å². The fourth-order valence-electron chi connectivity index (χ4n) is 1.06. The molecular weight excluding hydrogens is 228 g/mol. The molecule has 17 heavy (non-hydrogen) atoms. The largest absolute Gasteiger partial charge is 0.491 e. The lowest BCUT2D eigenvalue weighted by atomic mass is 10.3. The number of carbonyl (C=O) groups excluding carboxylic acids is 1. The molecule has 86 valence electrons. The Kier molecular flexibility index (Phi) is 2.77. The third-order valence-corrected chi connectivity index (χ3v) is 1.78. The van der Waals surface area contributed by atoms with Crippen LogP contribution in [0.15, 0.2) is 36.7 Å². The van der Waals surface area contributed by atoms with E-state index in [-0.39, 0.29) is 0 Å². The van der Waals surface area contributed by atoms with Crippen molar-refractivity contribution in [1.82, 2.24) is 14.8 Å². The Morgan fingerprint density at radius 3 is 2.65 bits per heavy atom. The highest BCUT2D eigenvalue weighted by atomic mass is 16.6. The van der Waals surface area contributed by atoms with E-state index >= 15 is 0 Å². The molecule has 0 amide bonds. The molecule has 0 bridgehead atoms. The molecule has 0 aliphatic rings. The zero-order chi connectivity index (χ0) is 12.3. The summed E-state index contributed by atoms with van der Waals surface area (Å²) >= 11 is 0. The smallest absolute Gasteiger partial charge is 0.408 e. The van der Waals surface area contributed by atoms with Crippen molar-refractivity contribution in [3.05, 3.63) is 46.8 Å². The molecule has 0 aliphatic carbocycles. The molecule has 0 radical (unpaired) electrons. The number of ether oxygens (including phenoxy) is 1. The summed E-state index contributed by atoms with van der Waals surface area (Å²) in [5.74, 6) is -0.342. The Morgan fingerprint density at radius 2 is 2.06 bits per heavy atom. The minimum Gasteiger partial charge on any atom is -0.408 e. The summed E-state index contributed by atoms with van der Waals surface area (Å²) < 4.78 is 5.55. The third kappa shape index (κ3) is 2.43. The van der Waals surface area contributed by atoms with Gasteiger partial charge >= 0.3 is 12.0 Å². The third-order valence-electron chi connectivity index (χ3n) is 1.78. The lowest BCUT2D eigenvalue weighted by Crippen LogP contribution is -2.17. The van der Waals surface area contributed by atoms with Crippen molar-refractivity contribution in [2.45, 2.75) is 0 Å². The summed E-state index contributed by atoms with van der Waals surface area (Å²) in [4.78, 5) is 24.3. The van der Waals surface area contributed by atoms with Gasteiger partial charge in [-0.3, -0.25) is 0 Å². The number of rotatable bonds is 2. The molecule has 1 aromatic heterocycles. The Labute approximate surface area is 94.6 Å². The molecule has 0 saturated heterocycles. The zero-order valence-corrected chi connectivity index (χ0v) is 8.39. The number of nitrogens with zero attached hydrogens (tertiary/aromatic N) is 4. The van der Waals surface area contributed by atoms with Crippen LogP contribution in [0, 0.1) is 10.1 Å². The van der Waals surface area contributed by atoms with Crippen molar-refractivity contribution < 1.29 is 14.5 Å². The van der Waals surface area contributed by atoms with Crippen LogP contribution in [0.1, 0.15) is 0 Å². The van der Waals surface area contributed by atoms with Crippen LogP contribution in [0.5, 0.6) is 5.75 Å². The number of benzene rings is 1. The van der Waals surface area contributed by atoms with Gasteiger partial charge in [0.15, 0.2) is 0 Å². The molecule has 0 unspecified atom stereocenters. The number of hydrogen-bond donors (Lipinski definition) is 0. The molecule has 0 spiro atoms. The van der Waals surface area contributed by atoms with Crippen LogP contribution in [0.4, 0.5) is 10.7 Å². The second kappa shape index (κ2) is 4.39. The van der Waals surface area contributed by atoms with Gasteiger partial charge in [-0.05, 0) is 17.1 Å². The number of aromatic nitrogens is 3. The molecule has 0 N–H and O–H groups in total. The van der Waals surface area contributed by atoms with Crippen molar-refractivity contribution in [3.63, 3.8) is 0 Å². The van der Waals surface area contributed by atoms with Gasteiger partial charge in [-0.1, -0.05) is 27.9 Å². The van der Waals surface area contributed by atoms with Gasteiger partial charge in [0.2, 0.25) is 6.33 Å². The van der Waals surface area contributed by atoms with Crippen molar-refractivity contribution in [3.8, 4) is 5.75 Å². The van der Waals surface area contributed by atoms with Gasteiger partial charge in [-0.25, -0.2) is 4.79 Å². The summed E-state index contributed by atoms with van der Waals surface area (Å²) in [6.45, 7) is 0. The molecule has 1 heterocycles. The van der Waals surface area contributed by atoms with Crippen LogP contribution < -0.4 is 4.74 Å². The average Bonchev–Trinajstić information content (AvgIpc) is 2.79. The Bertz CT molecular complexity index is 551. The molecule has 2 aromatic rings. The molecule has 1 aromatic carbocycles. The highest BCUT2D eigenvalue weighted by Crippen LogP contribution is 2.09. The van der Waals surface area contributed by atoms with E-state index in [4.69, 9.17) is 4.74 Å². The number of para-hydroxylation sites is 1. The minimum absolute atomic E-state index is 0.315. The summed E-state index contributed by atoms with van der Waals surface area (Å²) in [7, 11) is 0. The molecule has 0 aliphatic heterocycles. The van der Waals surface area contributed by atoms with Crippen LogP contribution in [0.2, 0.25) is 0 Å². The van der Waals surface area contributed by atoms with Gasteiger partial charge in [0.1, 0.15) is 5.75 Å². The van der Waals surface area contributed by atoms with E-state index in [1.54, 1.807) is 30.3 Å². The van der Waals surface area contributed by atoms with Crippen LogP contribution in [-0.2, 0) is 0 Å². The Balaban J connectivity index is 2.12. The van der Waals surface area contributed by atoms with Crippen LogP contribution in [-0.4, -0.2) is 25.8 Å². The first kappa shape index (κ1) is 10.7. The van der Waals surface area contributed by atoms with Crippen LogP contribution >= 0.6 is 0 Å². The molecule has 2 rings (SSSR count). The van der Waals surface area contributed by atoms with Crippen molar-refractivity contribution in [2.75, 3.05) is 0 Å². The van der Waals surface area contributed by atoms with Crippen molar-refractivity contribution in [2.24, 2.45) is 0 Å². The molecule has 8 nitrogen and oxygen atoms in total. The fourth-order valence-corrected chi connectivity index (χ4v) is 1.06. The van der Waals surface area contributed by atoms with Gasteiger partial charge in [-0.15, -0.1) is 0 Å². The quantitative estimate of drug-likeness (QED) is 0.572. The maximum Gasteiger partial charge on any atom is 0.491 e. The van der Waals surface area contributed by atoms with Gasteiger partial charge in [0.25, 0.3) is 0 Å². The first-order valence-electron chi connectivity index (χ1n) is 4.50. The minimum atomic E-state index is -0.864. The Hall–Kier alpha value is -2.77. The van der Waals surface area contributed by atoms with Gasteiger partial charge in [0, 0.05) is 5.10 Å². The van der Waals surface area contributed by atoms with Crippen LogP contribution in [0.25, 0.3) is 0 Å². The standard InChI is InChI=1S/C9H6N4O4/c14-9(17-7-4-2-1-3-5-7)12-6-10-8(11-12)13(15)16/h1-6H. The molecular formula is C9H6N4O4. The number of nitro groups is 1. The van der Waals surface area contributed by atoms with Gasteiger partial charge in [-0.2, -0.15) is 0 Å². The average molecular weight is 234 g/mol. The first-order chi connectivity index (χ1) is 8.16. The SMILES string of the molecule is O=C(Oc1ccccc1)n1cnc([N+](=O)[O-])n1. The fraction of sp³-hybridized carbons (Fsp3) is 0. The predicted molar refractivity (Wildman–Crippen MR) is 54.5 cm³/mol. The molecule has 0 atom stereocenters.